The van der Waals surface area contributed by atoms with E-state index in [1.54, 1.807) is 0 Å². The van der Waals surface area contributed by atoms with Gasteiger partial charge < -0.3 is 5.73 Å². The molecule has 1 unspecified atom stereocenters. The maximum absolute atomic E-state index is 10.1. The summed E-state index contributed by atoms with van der Waals surface area (Å²) in [5.41, 5.74) is 5.61. The van der Waals surface area contributed by atoms with Gasteiger partial charge in [-0.1, -0.05) is 25.7 Å². The molecule has 0 aromatic heterocycles. The van der Waals surface area contributed by atoms with E-state index in [9.17, 15) is 4.57 Å². The molecular formula is C9H20NOP. The Morgan fingerprint density at radius 1 is 1.17 bits per heavy atom. The molecule has 0 heterocycles. The molecule has 0 saturated heterocycles. The van der Waals surface area contributed by atoms with Crippen molar-refractivity contribution >= 4 is 8.46 Å². The first kappa shape index (κ1) is 12.1. The van der Waals surface area contributed by atoms with Crippen LogP contribution in [0.5, 0.6) is 0 Å². The number of rotatable bonds is 8. The summed E-state index contributed by atoms with van der Waals surface area (Å²) in [6.45, 7) is 2.05. The van der Waals surface area contributed by atoms with Crippen molar-refractivity contribution in [2.24, 2.45) is 5.73 Å². The first-order valence-corrected chi connectivity index (χ1v) is 5.82. The predicted molar refractivity (Wildman–Crippen MR) is 53.8 cm³/mol. The smallest absolute Gasteiger partial charge is 0.155 e. The third kappa shape index (κ3) is 10.1. The Hall–Kier alpha value is 0.0600. The highest BCUT2D eigenvalue weighted by molar-refractivity contribution is 7.23. The minimum Gasteiger partial charge on any atom is -0.328 e. The Morgan fingerprint density at radius 2 is 1.75 bits per heavy atom. The van der Waals surface area contributed by atoms with Crippen LogP contribution in [0.25, 0.3) is 0 Å². The van der Waals surface area contributed by atoms with Gasteiger partial charge in [0.2, 0.25) is 0 Å². The SMILES string of the molecule is CC(N)CCCCCCCP=O. The zero-order valence-electron chi connectivity index (χ0n) is 7.96. The molecule has 0 spiro atoms. The average Bonchev–Trinajstić information content (AvgIpc) is 2.02. The molecule has 0 rings (SSSR count). The van der Waals surface area contributed by atoms with Crippen molar-refractivity contribution in [3.8, 4) is 0 Å². The minimum atomic E-state index is 0.298. The molecular weight excluding hydrogens is 169 g/mol. The minimum absolute atomic E-state index is 0.298. The Kier molecular flexibility index (Phi) is 9.20. The molecule has 0 radical (unpaired) electrons. The Morgan fingerprint density at radius 3 is 2.33 bits per heavy atom. The Bertz CT molecular complexity index is 107. The molecule has 2 nitrogen and oxygen atoms in total. The molecule has 0 amide bonds. The summed E-state index contributed by atoms with van der Waals surface area (Å²) < 4.78 is 10.1. The second-order valence-electron chi connectivity index (χ2n) is 3.39. The van der Waals surface area contributed by atoms with E-state index in [1.165, 1.54) is 25.7 Å². The van der Waals surface area contributed by atoms with Crippen molar-refractivity contribution in [1.82, 2.24) is 0 Å². The van der Waals surface area contributed by atoms with Crippen LogP contribution in [0.3, 0.4) is 0 Å². The van der Waals surface area contributed by atoms with Gasteiger partial charge in [-0.2, -0.15) is 0 Å². The maximum Gasteiger partial charge on any atom is 0.155 e. The summed E-state index contributed by atoms with van der Waals surface area (Å²) in [4.78, 5) is 0. The van der Waals surface area contributed by atoms with Gasteiger partial charge in [-0.3, -0.25) is 4.57 Å². The first-order valence-electron chi connectivity index (χ1n) is 4.82. The molecule has 72 valence electrons. The van der Waals surface area contributed by atoms with Crippen LogP contribution in [0.4, 0.5) is 0 Å². The highest BCUT2D eigenvalue weighted by atomic mass is 31.1. The van der Waals surface area contributed by atoms with Crippen LogP contribution in [0.2, 0.25) is 0 Å². The Labute approximate surface area is 77.1 Å². The summed E-state index contributed by atoms with van der Waals surface area (Å²) in [7, 11) is 0.298. The van der Waals surface area contributed by atoms with E-state index < -0.39 is 0 Å². The lowest BCUT2D eigenvalue weighted by molar-refractivity contribution is 0.561. The van der Waals surface area contributed by atoms with Crippen molar-refractivity contribution in [2.45, 2.75) is 51.5 Å². The molecule has 0 aliphatic carbocycles. The fraction of sp³-hybridized carbons (Fsp3) is 1.00. The lowest BCUT2D eigenvalue weighted by atomic mass is 10.1. The van der Waals surface area contributed by atoms with Crippen LogP contribution in [0.15, 0.2) is 0 Å². The number of unbranched alkanes of at least 4 members (excludes halogenated alkanes) is 4. The summed E-state index contributed by atoms with van der Waals surface area (Å²) in [5, 5.41) is 0. The lowest BCUT2D eigenvalue weighted by Gasteiger charge is -2.03. The predicted octanol–water partition coefficient (Wildman–Crippen LogP) is 2.97. The van der Waals surface area contributed by atoms with Crippen molar-refractivity contribution in [1.29, 1.82) is 0 Å². The van der Waals surface area contributed by atoms with Crippen LogP contribution in [-0.4, -0.2) is 12.2 Å². The molecule has 0 aliphatic heterocycles. The fourth-order valence-electron chi connectivity index (χ4n) is 1.17. The lowest BCUT2D eigenvalue weighted by Crippen LogP contribution is -2.13. The number of hydrogen-bond acceptors (Lipinski definition) is 2. The van der Waals surface area contributed by atoms with Gasteiger partial charge in [0.25, 0.3) is 0 Å². The van der Waals surface area contributed by atoms with Crippen molar-refractivity contribution in [3.63, 3.8) is 0 Å². The van der Waals surface area contributed by atoms with Crippen molar-refractivity contribution in [3.05, 3.63) is 0 Å². The van der Waals surface area contributed by atoms with Gasteiger partial charge >= 0.3 is 0 Å². The van der Waals surface area contributed by atoms with Gasteiger partial charge in [0.15, 0.2) is 8.46 Å². The molecule has 0 aromatic rings. The molecule has 0 saturated carbocycles. The number of hydrogen-bond donors (Lipinski definition) is 1. The van der Waals surface area contributed by atoms with Gasteiger partial charge in [0.1, 0.15) is 0 Å². The molecule has 0 fully saturated rings. The molecule has 1 atom stereocenters. The Balaban J connectivity index is 2.86. The van der Waals surface area contributed by atoms with E-state index in [2.05, 4.69) is 6.92 Å². The van der Waals surface area contributed by atoms with E-state index >= 15 is 0 Å². The monoisotopic (exact) mass is 189 g/mol. The third-order valence-electron chi connectivity index (χ3n) is 1.91. The topological polar surface area (TPSA) is 43.1 Å². The van der Waals surface area contributed by atoms with Crippen molar-refractivity contribution in [2.75, 3.05) is 6.16 Å². The highest BCUT2D eigenvalue weighted by Gasteiger charge is 1.94. The largest absolute Gasteiger partial charge is 0.328 e. The standard InChI is InChI=1S/C9H20NOP/c1-9(10)7-5-3-2-4-6-8-12-11/h9H,2-8,10H2,1H3. The van der Waals surface area contributed by atoms with E-state index in [0.717, 1.165) is 19.0 Å². The molecule has 2 N–H and O–H groups in total. The normalized spacial score (nSPS) is 13.5. The zero-order chi connectivity index (χ0) is 9.23. The van der Waals surface area contributed by atoms with Crippen LogP contribution >= 0.6 is 8.46 Å². The quantitative estimate of drug-likeness (QED) is 0.471. The third-order valence-corrected chi connectivity index (χ3v) is 2.41. The second kappa shape index (κ2) is 9.15. The van der Waals surface area contributed by atoms with E-state index in [0.29, 0.717) is 14.5 Å². The first-order chi connectivity index (χ1) is 5.77. The molecule has 0 aromatic carbocycles. The zero-order valence-corrected chi connectivity index (χ0v) is 8.85. The van der Waals surface area contributed by atoms with E-state index in [1.807, 2.05) is 0 Å². The molecule has 12 heavy (non-hydrogen) atoms. The van der Waals surface area contributed by atoms with E-state index in [-0.39, 0.29) is 0 Å². The van der Waals surface area contributed by atoms with Gasteiger partial charge in [0, 0.05) is 12.2 Å². The van der Waals surface area contributed by atoms with Gasteiger partial charge in [-0.25, -0.2) is 0 Å². The number of nitrogens with two attached hydrogens (primary N) is 1. The highest BCUT2D eigenvalue weighted by Crippen LogP contribution is 2.08. The summed E-state index contributed by atoms with van der Waals surface area (Å²) in [6, 6.07) is 0.352. The summed E-state index contributed by atoms with van der Waals surface area (Å²) in [6.07, 6.45) is 8.07. The second-order valence-corrected chi connectivity index (χ2v) is 4.09. The van der Waals surface area contributed by atoms with Crippen LogP contribution in [0.1, 0.15) is 45.4 Å². The molecule has 3 heteroatoms. The van der Waals surface area contributed by atoms with Gasteiger partial charge in [0.05, 0.1) is 0 Å². The average molecular weight is 189 g/mol. The molecule has 0 bridgehead atoms. The summed E-state index contributed by atoms with van der Waals surface area (Å²) in [5.74, 6) is 0. The van der Waals surface area contributed by atoms with Gasteiger partial charge in [-0.05, 0) is 19.8 Å². The maximum atomic E-state index is 10.1. The van der Waals surface area contributed by atoms with E-state index in [4.69, 9.17) is 5.73 Å². The van der Waals surface area contributed by atoms with Crippen LogP contribution in [0, 0.1) is 0 Å². The van der Waals surface area contributed by atoms with Gasteiger partial charge in [-0.15, -0.1) is 0 Å². The fourth-order valence-corrected chi connectivity index (χ4v) is 1.53. The van der Waals surface area contributed by atoms with Crippen LogP contribution < -0.4 is 5.73 Å². The molecule has 0 aliphatic rings. The van der Waals surface area contributed by atoms with Crippen LogP contribution in [-0.2, 0) is 4.57 Å². The van der Waals surface area contributed by atoms with Crippen molar-refractivity contribution < 1.29 is 4.57 Å². The summed E-state index contributed by atoms with van der Waals surface area (Å²) >= 11 is 0.